The van der Waals surface area contributed by atoms with Crippen LogP contribution in [0.5, 0.6) is 0 Å². The maximum absolute atomic E-state index is 10.6. The van der Waals surface area contributed by atoms with Crippen LogP contribution in [0.3, 0.4) is 0 Å². The highest BCUT2D eigenvalue weighted by atomic mass is 16.4. The van der Waals surface area contributed by atoms with E-state index in [1.165, 1.54) is 25.7 Å². The van der Waals surface area contributed by atoms with E-state index in [1.54, 1.807) is 0 Å². The number of carboxylic acid groups (broad SMARTS) is 1. The lowest BCUT2D eigenvalue weighted by Gasteiger charge is -2.38. The fraction of sp³-hybridized carbons (Fsp3) is 0.917. The van der Waals surface area contributed by atoms with Crippen LogP contribution in [0.2, 0.25) is 0 Å². The smallest absolute Gasteiger partial charge is 0.303 e. The first kappa shape index (κ1) is 10.0. The number of hydrogen-bond acceptors (Lipinski definition) is 1. The molecule has 0 heterocycles. The third-order valence-electron chi connectivity index (χ3n) is 5.23. The van der Waals surface area contributed by atoms with Crippen LogP contribution in [0.25, 0.3) is 0 Å². The second kappa shape index (κ2) is 2.98. The third kappa shape index (κ3) is 1.19. The fourth-order valence-corrected chi connectivity index (χ4v) is 3.83. The van der Waals surface area contributed by atoms with Crippen molar-refractivity contribution in [3.8, 4) is 0 Å². The van der Waals surface area contributed by atoms with Gasteiger partial charge in [-0.05, 0) is 48.9 Å². The van der Waals surface area contributed by atoms with Crippen molar-refractivity contribution < 1.29 is 9.90 Å². The van der Waals surface area contributed by atoms with E-state index in [0.29, 0.717) is 17.3 Å². The highest BCUT2D eigenvalue weighted by Crippen LogP contribution is 2.67. The Bertz CT molecular complexity index is 251. The van der Waals surface area contributed by atoms with Gasteiger partial charge >= 0.3 is 5.97 Å². The lowest BCUT2D eigenvalue weighted by molar-refractivity contribution is -0.138. The van der Waals surface area contributed by atoms with Gasteiger partial charge in [0.2, 0.25) is 0 Å². The van der Waals surface area contributed by atoms with Gasteiger partial charge in [0, 0.05) is 6.42 Å². The van der Waals surface area contributed by atoms with Crippen molar-refractivity contribution in [2.45, 2.75) is 52.4 Å². The lowest BCUT2D eigenvalue weighted by atomic mass is 9.67. The predicted molar refractivity (Wildman–Crippen MR) is 55.0 cm³/mol. The molecule has 1 N–H and O–H groups in total. The van der Waals surface area contributed by atoms with Gasteiger partial charge < -0.3 is 5.11 Å². The molecule has 0 aromatic rings. The molecule has 2 aliphatic rings. The molecule has 0 amide bonds. The number of rotatable bonds is 3. The van der Waals surface area contributed by atoms with Crippen LogP contribution >= 0.6 is 0 Å². The molecule has 2 rings (SSSR count). The van der Waals surface area contributed by atoms with Gasteiger partial charge in [0.25, 0.3) is 0 Å². The van der Waals surface area contributed by atoms with Crippen LogP contribution in [0, 0.1) is 16.7 Å². The molecule has 2 fully saturated rings. The molecule has 0 unspecified atom stereocenters. The van der Waals surface area contributed by atoms with Gasteiger partial charge in [-0.2, -0.15) is 0 Å². The summed E-state index contributed by atoms with van der Waals surface area (Å²) in [7, 11) is 0. The van der Waals surface area contributed by atoms with E-state index < -0.39 is 5.97 Å². The fourth-order valence-electron chi connectivity index (χ4n) is 3.83. The normalized spacial score (nSPS) is 45.7. The molecule has 2 aliphatic carbocycles. The van der Waals surface area contributed by atoms with Crippen LogP contribution in [0.4, 0.5) is 0 Å². The summed E-state index contributed by atoms with van der Waals surface area (Å²) >= 11 is 0. The van der Waals surface area contributed by atoms with Gasteiger partial charge in [-0.25, -0.2) is 0 Å². The van der Waals surface area contributed by atoms with Gasteiger partial charge in [-0.1, -0.05) is 13.8 Å². The monoisotopic (exact) mass is 196 g/mol. The minimum Gasteiger partial charge on any atom is -0.481 e. The Balaban J connectivity index is 2.11. The molecule has 0 aromatic heterocycles. The Hall–Kier alpha value is -0.530. The summed E-state index contributed by atoms with van der Waals surface area (Å²) in [6, 6.07) is 0. The Labute approximate surface area is 85.7 Å². The minimum atomic E-state index is -0.638. The highest BCUT2D eigenvalue weighted by Gasteiger charge is 2.58. The summed E-state index contributed by atoms with van der Waals surface area (Å²) in [4.78, 5) is 10.6. The van der Waals surface area contributed by atoms with Crippen LogP contribution < -0.4 is 0 Å². The maximum Gasteiger partial charge on any atom is 0.303 e. The molecule has 80 valence electrons. The van der Waals surface area contributed by atoms with Gasteiger partial charge in [-0.15, -0.1) is 0 Å². The van der Waals surface area contributed by atoms with Crippen molar-refractivity contribution in [1.82, 2.24) is 0 Å². The number of carbonyl (C=O) groups is 1. The number of hydrogen-bond donors (Lipinski definition) is 1. The summed E-state index contributed by atoms with van der Waals surface area (Å²) in [5, 5.41) is 8.77. The zero-order valence-electron chi connectivity index (χ0n) is 9.18. The Kier molecular flexibility index (Phi) is 2.13. The van der Waals surface area contributed by atoms with Crippen molar-refractivity contribution in [2.75, 3.05) is 0 Å². The first-order valence-electron chi connectivity index (χ1n) is 5.70. The topological polar surface area (TPSA) is 37.3 Å². The van der Waals surface area contributed by atoms with E-state index >= 15 is 0 Å². The van der Waals surface area contributed by atoms with Crippen molar-refractivity contribution in [3.05, 3.63) is 0 Å². The molecule has 2 saturated carbocycles. The molecular weight excluding hydrogens is 176 g/mol. The van der Waals surface area contributed by atoms with Gasteiger partial charge in [0.05, 0.1) is 0 Å². The van der Waals surface area contributed by atoms with Crippen molar-refractivity contribution >= 4 is 5.97 Å². The summed E-state index contributed by atoms with van der Waals surface area (Å²) < 4.78 is 0. The van der Waals surface area contributed by atoms with Crippen molar-refractivity contribution in [1.29, 1.82) is 0 Å². The molecule has 0 saturated heterocycles. The highest BCUT2D eigenvalue weighted by molar-refractivity contribution is 5.66. The molecule has 2 nitrogen and oxygen atoms in total. The Morgan fingerprint density at radius 2 is 1.93 bits per heavy atom. The SMILES string of the molecule is CC12CCC(CC1)[C@]2(C)CCC(=O)O. The first-order valence-corrected chi connectivity index (χ1v) is 5.70. The maximum atomic E-state index is 10.6. The quantitative estimate of drug-likeness (QED) is 0.753. The van der Waals surface area contributed by atoms with E-state index in [9.17, 15) is 4.79 Å². The molecule has 0 aromatic carbocycles. The van der Waals surface area contributed by atoms with E-state index in [-0.39, 0.29) is 0 Å². The Morgan fingerprint density at radius 3 is 2.29 bits per heavy atom. The van der Waals surface area contributed by atoms with Crippen LogP contribution in [0.15, 0.2) is 0 Å². The molecule has 2 bridgehead atoms. The average molecular weight is 196 g/mol. The van der Waals surface area contributed by atoms with Gasteiger partial charge in [0.15, 0.2) is 0 Å². The zero-order chi connectivity index (χ0) is 10.4. The molecule has 1 atom stereocenters. The van der Waals surface area contributed by atoms with E-state index in [4.69, 9.17) is 5.11 Å². The van der Waals surface area contributed by atoms with E-state index in [2.05, 4.69) is 13.8 Å². The lowest BCUT2D eigenvalue weighted by Crippen LogP contribution is -2.31. The largest absolute Gasteiger partial charge is 0.481 e. The van der Waals surface area contributed by atoms with E-state index in [0.717, 1.165) is 12.3 Å². The van der Waals surface area contributed by atoms with Crippen LogP contribution in [-0.4, -0.2) is 11.1 Å². The molecule has 14 heavy (non-hydrogen) atoms. The zero-order valence-corrected chi connectivity index (χ0v) is 9.18. The second-order valence-electron chi connectivity index (χ2n) is 5.65. The summed E-state index contributed by atoms with van der Waals surface area (Å²) in [6.07, 6.45) is 6.51. The molecular formula is C12H20O2. The number of aliphatic carboxylic acids is 1. The van der Waals surface area contributed by atoms with Crippen molar-refractivity contribution in [3.63, 3.8) is 0 Å². The van der Waals surface area contributed by atoms with Crippen LogP contribution in [-0.2, 0) is 4.79 Å². The number of fused-ring (bicyclic) bond motifs is 2. The second-order valence-corrected chi connectivity index (χ2v) is 5.65. The van der Waals surface area contributed by atoms with Gasteiger partial charge in [-0.3, -0.25) is 4.79 Å². The molecule has 2 heteroatoms. The van der Waals surface area contributed by atoms with Gasteiger partial charge in [0.1, 0.15) is 0 Å². The molecule has 0 aliphatic heterocycles. The standard InChI is InChI=1S/C12H20O2/c1-11-6-3-9(4-7-11)12(11,2)8-5-10(13)14/h9H,3-8H2,1-2H3,(H,13,14)/t9?,11?,12-/m0/s1. The summed E-state index contributed by atoms with van der Waals surface area (Å²) in [5.74, 6) is 0.160. The summed E-state index contributed by atoms with van der Waals surface area (Å²) in [6.45, 7) is 4.68. The van der Waals surface area contributed by atoms with Crippen LogP contribution in [0.1, 0.15) is 52.4 Å². The molecule has 0 spiro atoms. The molecule has 0 radical (unpaired) electrons. The third-order valence-corrected chi connectivity index (χ3v) is 5.23. The number of carboxylic acids is 1. The average Bonchev–Trinajstić information content (AvgIpc) is 2.51. The minimum absolute atomic E-state index is 0.311. The first-order chi connectivity index (χ1) is 6.48. The van der Waals surface area contributed by atoms with Crippen molar-refractivity contribution in [2.24, 2.45) is 16.7 Å². The Morgan fingerprint density at radius 1 is 1.36 bits per heavy atom. The van der Waals surface area contributed by atoms with E-state index in [1.807, 2.05) is 0 Å². The predicted octanol–water partition coefficient (Wildman–Crippen LogP) is 3.07. The summed E-state index contributed by atoms with van der Waals surface area (Å²) in [5.41, 5.74) is 0.749.